The summed E-state index contributed by atoms with van der Waals surface area (Å²) in [6.45, 7) is 0. The fourth-order valence-electron chi connectivity index (χ4n) is 2.61. The highest BCUT2D eigenvalue weighted by atomic mass is 79.9. The molecule has 0 radical (unpaired) electrons. The highest BCUT2D eigenvalue weighted by Gasteiger charge is 2.31. The highest BCUT2D eigenvalue weighted by molar-refractivity contribution is 9.10. The topological polar surface area (TPSA) is 26.0 Å². The quantitative estimate of drug-likeness (QED) is 0.688. The summed E-state index contributed by atoms with van der Waals surface area (Å²) < 4.78 is 1.05. The van der Waals surface area contributed by atoms with Crippen LogP contribution in [0.5, 0.6) is 0 Å². The minimum absolute atomic E-state index is 0.650. The lowest BCUT2D eigenvalue weighted by Gasteiger charge is -2.31. The Labute approximate surface area is 133 Å². The molecule has 3 aromatic carbocycles. The minimum Gasteiger partial charge on any atom is -0.314 e. The van der Waals surface area contributed by atoms with Crippen LogP contribution in [0, 0.1) is 0 Å². The summed E-state index contributed by atoms with van der Waals surface area (Å²) in [4.78, 5) is 0. The highest BCUT2D eigenvalue weighted by Crippen LogP contribution is 2.34. The molecule has 2 heteroatoms. The average Bonchev–Trinajstić information content (AvgIpc) is 2.56. The Bertz CT molecular complexity index is 666. The lowest BCUT2D eigenvalue weighted by molar-refractivity contribution is 0.653. The second-order valence-corrected chi connectivity index (χ2v) is 5.96. The number of nitrogens with two attached hydrogens (primary N) is 1. The predicted molar refractivity (Wildman–Crippen MR) is 91.1 cm³/mol. The molecule has 0 amide bonds. The van der Waals surface area contributed by atoms with Crippen molar-refractivity contribution in [1.82, 2.24) is 0 Å². The van der Waals surface area contributed by atoms with Crippen LogP contribution >= 0.6 is 15.9 Å². The van der Waals surface area contributed by atoms with Crippen molar-refractivity contribution >= 4 is 15.9 Å². The summed E-state index contributed by atoms with van der Waals surface area (Å²) >= 11 is 3.48. The Morgan fingerprint density at radius 2 is 0.952 bits per heavy atom. The van der Waals surface area contributed by atoms with E-state index >= 15 is 0 Å². The van der Waals surface area contributed by atoms with Gasteiger partial charge in [0.15, 0.2) is 0 Å². The van der Waals surface area contributed by atoms with E-state index in [1.54, 1.807) is 0 Å². The summed E-state index contributed by atoms with van der Waals surface area (Å²) in [7, 11) is 0. The van der Waals surface area contributed by atoms with E-state index in [-0.39, 0.29) is 0 Å². The molecule has 0 heterocycles. The molecule has 2 N–H and O–H groups in total. The summed E-state index contributed by atoms with van der Waals surface area (Å²) in [5.41, 5.74) is 9.48. The van der Waals surface area contributed by atoms with Crippen molar-refractivity contribution in [2.75, 3.05) is 0 Å². The molecular weight excluding hydrogens is 322 g/mol. The number of hydrogen-bond donors (Lipinski definition) is 1. The van der Waals surface area contributed by atoms with Gasteiger partial charge in [0.05, 0.1) is 5.54 Å². The Hall–Kier alpha value is -1.90. The van der Waals surface area contributed by atoms with Gasteiger partial charge in [-0.2, -0.15) is 0 Å². The summed E-state index contributed by atoms with van der Waals surface area (Å²) in [6.07, 6.45) is 0. The van der Waals surface area contributed by atoms with Gasteiger partial charge in [0.1, 0.15) is 0 Å². The van der Waals surface area contributed by atoms with Crippen molar-refractivity contribution in [2.24, 2.45) is 5.73 Å². The van der Waals surface area contributed by atoms with Crippen LogP contribution in [-0.4, -0.2) is 0 Å². The van der Waals surface area contributed by atoms with E-state index in [9.17, 15) is 0 Å². The minimum atomic E-state index is -0.650. The van der Waals surface area contributed by atoms with Gasteiger partial charge in [-0.25, -0.2) is 0 Å². The van der Waals surface area contributed by atoms with Crippen LogP contribution < -0.4 is 5.73 Å². The standard InChI is InChI=1S/C19H16BrN/c20-18-13-11-17(12-14-18)19(21,15-7-3-1-4-8-15)16-9-5-2-6-10-16/h1-14H,21H2. The van der Waals surface area contributed by atoms with E-state index < -0.39 is 5.54 Å². The van der Waals surface area contributed by atoms with Gasteiger partial charge in [-0.05, 0) is 28.8 Å². The second kappa shape index (κ2) is 5.84. The Balaban J connectivity index is 2.23. The molecular formula is C19H16BrN. The van der Waals surface area contributed by atoms with Gasteiger partial charge in [0, 0.05) is 4.47 Å². The van der Waals surface area contributed by atoms with Crippen molar-refractivity contribution in [3.8, 4) is 0 Å². The number of halogens is 1. The zero-order chi connectivity index (χ0) is 14.7. The zero-order valence-corrected chi connectivity index (χ0v) is 13.1. The molecule has 0 atom stereocenters. The van der Waals surface area contributed by atoms with Crippen molar-refractivity contribution in [2.45, 2.75) is 5.54 Å². The summed E-state index contributed by atoms with van der Waals surface area (Å²) in [5, 5.41) is 0. The van der Waals surface area contributed by atoms with Crippen molar-refractivity contribution in [3.63, 3.8) is 0 Å². The molecule has 3 aromatic rings. The molecule has 0 aliphatic heterocycles. The normalized spacial score (nSPS) is 11.3. The molecule has 0 saturated carbocycles. The van der Waals surface area contributed by atoms with Crippen molar-refractivity contribution < 1.29 is 0 Å². The van der Waals surface area contributed by atoms with Crippen LogP contribution in [0.3, 0.4) is 0 Å². The van der Waals surface area contributed by atoms with Crippen LogP contribution in [-0.2, 0) is 5.54 Å². The molecule has 1 nitrogen and oxygen atoms in total. The molecule has 104 valence electrons. The van der Waals surface area contributed by atoms with E-state index in [1.807, 2.05) is 48.5 Å². The summed E-state index contributed by atoms with van der Waals surface area (Å²) in [5.74, 6) is 0. The first-order chi connectivity index (χ1) is 10.2. The first-order valence-corrected chi connectivity index (χ1v) is 7.66. The first kappa shape index (κ1) is 14.1. The van der Waals surface area contributed by atoms with Gasteiger partial charge < -0.3 is 5.73 Å². The molecule has 0 saturated heterocycles. The third-order valence-corrected chi connectivity index (χ3v) is 4.29. The van der Waals surface area contributed by atoms with Gasteiger partial charge in [0.2, 0.25) is 0 Å². The molecule has 0 fully saturated rings. The molecule has 0 aliphatic carbocycles. The Kier molecular flexibility index (Phi) is 3.91. The SMILES string of the molecule is NC(c1ccccc1)(c1ccccc1)c1ccc(Br)cc1. The molecule has 0 bridgehead atoms. The van der Waals surface area contributed by atoms with E-state index in [4.69, 9.17) is 5.73 Å². The lowest BCUT2D eigenvalue weighted by atomic mass is 9.78. The van der Waals surface area contributed by atoms with Gasteiger partial charge in [-0.15, -0.1) is 0 Å². The van der Waals surface area contributed by atoms with E-state index in [0.717, 1.165) is 21.2 Å². The fourth-order valence-corrected chi connectivity index (χ4v) is 2.88. The van der Waals surface area contributed by atoms with Crippen LogP contribution in [0.15, 0.2) is 89.4 Å². The van der Waals surface area contributed by atoms with Crippen LogP contribution in [0.4, 0.5) is 0 Å². The molecule has 21 heavy (non-hydrogen) atoms. The van der Waals surface area contributed by atoms with Gasteiger partial charge in [-0.3, -0.25) is 0 Å². The summed E-state index contributed by atoms with van der Waals surface area (Å²) in [6, 6.07) is 28.6. The third-order valence-electron chi connectivity index (χ3n) is 3.76. The van der Waals surface area contributed by atoms with Gasteiger partial charge in [-0.1, -0.05) is 88.7 Å². The Morgan fingerprint density at radius 3 is 1.38 bits per heavy atom. The van der Waals surface area contributed by atoms with E-state index in [1.165, 1.54) is 0 Å². The average molecular weight is 338 g/mol. The van der Waals surface area contributed by atoms with Crippen LogP contribution in [0.2, 0.25) is 0 Å². The maximum Gasteiger partial charge on any atom is 0.0922 e. The maximum absolute atomic E-state index is 6.90. The fraction of sp³-hybridized carbons (Fsp3) is 0.0526. The maximum atomic E-state index is 6.90. The van der Waals surface area contributed by atoms with Crippen LogP contribution in [0.1, 0.15) is 16.7 Å². The molecule has 0 unspecified atom stereocenters. The third kappa shape index (κ3) is 2.65. The van der Waals surface area contributed by atoms with E-state index in [2.05, 4.69) is 52.3 Å². The van der Waals surface area contributed by atoms with Gasteiger partial charge >= 0.3 is 0 Å². The number of benzene rings is 3. The van der Waals surface area contributed by atoms with Crippen molar-refractivity contribution in [3.05, 3.63) is 106 Å². The molecule has 3 rings (SSSR count). The van der Waals surface area contributed by atoms with Gasteiger partial charge in [0.25, 0.3) is 0 Å². The molecule has 0 spiro atoms. The molecule has 0 aliphatic rings. The lowest BCUT2D eigenvalue weighted by Crippen LogP contribution is -2.39. The number of hydrogen-bond acceptors (Lipinski definition) is 1. The van der Waals surface area contributed by atoms with Crippen LogP contribution in [0.25, 0.3) is 0 Å². The van der Waals surface area contributed by atoms with E-state index in [0.29, 0.717) is 0 Å². The largest absolute Gasteiger partial charge is 0.314 e. The smallest absolute Gasteiger partial charge is 0.0922 e. The second-order valence-electron chi connectivity index (χ2n) is 5.05. The first-order valence-electron chi connectivity index (χ1n) is 6.87. The predicted octanol–water partition coefficient (Wildman–Crippen LogP) is 4.70. The zero-order valence-electron chi connectivity index (χ0n) is 11.5. The number of rotatable bonds is 3. The Morgan fingerprint density at radius 1 is 0.571 bits per heavy atom. The molecule has 0 aromatic heterocycles. The van der Waals surface area contributed by atoms with Crippen molar-refractivity contribution in [1.29, 1.82) is 0 Å². The monoisotopic (exact) mass is 337 g/mol.